The van der Waals surface area contributed by atoms with Gasteiger partial charge in [-0.2, -0.15) is 5.26 Å². The van der Waals surface area contributed by atoms with Crippen molar-refractivity contribution in [3.63, 3.8) is 0 Å². The smallest absolute Gasteiger partial charge is 0.262 e. The molecule has 33 heavy (non-hydrogen) atoms. The molecule has 5 rings (SSSR count). The predicted octanol–water partition coefficient (Wildman–Crippen LogP) is 2.52. The van der Waals surface area contributed by atoms with Crippen molar-refractivity contribution in [2.45, 2.75) is 51.2 Å². The molecule has 2 aromatic rings. The number of rotatable bonds is 3. The summed E-state index contributed by atoms with van der Waals surface area (Å²) in [5, 5.41) is 20.3. The number of aliphatic hydroxyl groups excluding tert-OH is 1. The molecular weight excluding hydrogens is 414 g/mol. The molecule has 0 bridgehead atoms. The minimum Gasteiger partial charge on any atom is -0.393 e. The van der Waals surface area contributed by atoms with Gasteiger partial charge in [0, 0.05) is 24.4 Å². The number of nitriles is 1. The Kier molecular flexibility index (Phi) is 5.02. The Morgan fingerprint density at radius 1 is 1.21 bits per heavy atom. The molecule has 7 nitrogen and oxygen atoms in total. The van der Waals surface area contributed by atoms with Crippen molar-refractivity contribution in [2.75, 3.05) is 6.54 Å². The second-order valence-electron chi connectivity index (χ2n) is 10.0. The van der Waals surface area contributed by atoms with Crippen molar-refractivity contribution in [3.8, 4) is 6.07 Å². The Morgan fingerprint density at radius 3 is 2.58 bits per heavy atom. The highest BCUT2D eigenvalue weighted by atomic mass is 16.3. The number of aliphatic hydroxyl groups is 1. The number of pyridine rings is 1. The topological polar surface area (TPSA) is 116 Å². The molecule has 1 aliphatic heterocycles. The molecule has 1 fully saturated rings. The third-order valence-electron chi connectivity index (χ3n) is 8.00. The molecule has 3 N–H and O–H groups in total. The normalized spacial score (nSPS) is 32.8. The Hall–Kier alpha value is -3.24. The summed E-state index contributed by atoms with van der Waals surface area (Å²) in [4.78, 5) is 24.9. The quantitative estimate of drug-likeness (QED) is 0.756. The molecule has 3 aliphatic rings. The number of fused-ring (bicyclic) bond motifs is 3. The molecule has 2 heterocycles. The lowest BCUT2D eigenvalue weighted by Gasteiger charge is -2.49. The Balaban J connectivity index is 1.60. The van der Waals surface area contributed by atoms with E-state index in [-0.39, 0.29) is 23.7 Å². The lowest BCUT2D eigenvalue weighted by Crippen LogP contribution is -2.55. The van der Waals surface area contributed by atoms with Gasteiger partial charge in [0.15, 0.2) is 11.5 Å². The molecule has 7 heteroatoms. The molecule has 2 aliphatic carbocycles. The summed E-state index contributed by atoms with van der Waals surface area (Å²) in [6, 6.07) is 11.7. The van der Waals surface area contributed by atoms with Crippen LogP contribution in [0.3, 0.4) is 0 Å². The third-order valence-corrected chi connectivity index (χ3v) is 8.00. The maximum atomic E-state index is 14.3. The van der Waals surface area contributed by atoms with Gasteiger partial charge in [-0.1, -0.05) is 19.9 Å². The lowest BCUT2D eigenvalue weighted by molar-refractivity contribution is -0.141. The van der Waals surface area contributed by atoms with E-state index in [1.165, 1.54) is 0 Å². The molecule has 5 atom stereocenters. The summed E-state index contributed by atoms with van der Waals surface area (Å²) in [7, 11) is 0. The van der Waals surface area contributed by atoms with E-state index < -0.39 is 17.1 Å². The summed E-state index contributed by atoms with van der Waals surface area (Å²) in [6.07, 6.45) is 5.75. The van der Waals surface area contributed by atoms with E-state index in [0.717, 1.165) is 16.7 Å². The zero-order valence-corrected chi connectivity index (χ0v) is 19.0. The highest BCUT2D eigenvalue weighted by molar-refractivity contribution is 6.08. The van der Waals surface area contributed by atoms with E-state index in [1.807, 2.05) is 44.2 Å². The van der Waals surface area contributed by atoms with Crippen LogP contribution in [0.2, 0.25) is 0 Å². The zero-order chi connectivity index (χ0) is 23.4. The van der Waals surface area contributed by atoms with Gasteiger partial charge in [0.05, 0.1) is 17.7 Å². The number of carbonyl (C=O) groups is 1. The summed E-state index contributed by atoms with van der Waals surface area (Å²) < 4.78 is 0. The molecule has 1 amide bonds. The largest absolute Gasteiger partial charge is 0.393 e. The van der Waals surface area contributed by atoms with E-state index in [2.05, 4.69) is 11.1 Å². The van der Waals surface area contributed by atoms with Crippen molar-refractivity contribution in [3.05, 3.63) is 65.0 Å². The van der Waals surface area contributed by atoms with Crippen molar-refractivity contribution >= 4 is 11.9 Å². The first kappa shape index (κ1) is 21.6. The van der Waals surface area contributed by atoms with Crippen LogP contribution in [0.15, 0.2) is 47.7 Å². The van der Waals surface area contributed by atoms with Crippen molar-refractivity contribution in [1.29, 1.82) is 5.26 Å². The number of aliphatic imine (C=N–C) groups is 1. The zero-order valence-electron chi connectivity index (χ0n) is 19.0. The molecule has 0 radical (unpaired) electrons. The number of carbonyl (C=O) groups excluding carboxylic acids is 1. The second-order valence-corrected chi connectivity index (χ2v) is 10.0. The fourth-order valence-electron chi connectivity index (χ4n) is 6.58. The minimum atomic E-state index is -1.15. The minimum absolute atomic E-state index is 0.0328. The second kappa shape index (κ2) is 7.67. The van der Waals surface area contributed by atoms with Crippen molar-refractivity contribution < 1.29 is 9.90 Å². The molecule has 170 valence electrons. The van der Waals surface area contributed by atoms with Gasteiger partial charge in [0.25, 0.3) is 5.91 Å². The molecule has 2 unspecified atom stereocenters. The Morgan fingerprint density at radius 2 is 1.91 bits per heavy atom. The number of guanidine groups is 1. The molecule has 0 saturated heterocycles. The van der Waals surface area contributed by atoms with Gasteiger partial charge in [-0.25, -0.2) is 4.99 Å². The first-order chi connectivity index (χ1) is 15.8. The molecule has 1 saturated carbocycles. The number of hydrogen-bond donors (Lipinski definition) is 2. The first-order valence-electron chi connectivity index (χ1n) is 11.6. The van der Waals surface area contributed by atoms with Gasteiger partial charge in [0.1, 0.15) is 0 Å². The number of aromatic nitrogens is 1. The molecular formula is C26H29N5O2. The predicted molar refractivity (Wildman–Crippen MR) is 124 cm³/mol. The Labute approximate surface area is 194 Å². The molecule has 2 spiro atoms. The maximum Gasteiger partial charge on any atom is 0.262 e. The van der Waals surface area contributed by atoms with Gasteiger partial charge in [-0.15, -0.1) is 0 Å². The molecule has 1 aromatic heterocycles. The van der Waals surface area contributed by atoms with E-state index in [1.54, 1.807) is 17.3 Å². The molecule has 1 aromatic carbocycles. The van der Waals surface area contributed by atoms with Gasteiger partial charge < -0.3 is 10.8 Å². The fraction of sp³-hybridized carbons (Fsp3) is 0.462. The summed E-state index contributed by atoms with van der Waals surface area (Å²) in [5.74, 6) is 0.185. The lowest BCUT2D eigenvalue weighted by atomic mass is 9.56. The summed E-state index contributed by atoms with van der Waals surface area (Å²) >= 11 is 0. The van der Waals surface area contributed by atoms with Crippen LogP contribution in [-0.2, 0) is 23.2 Å². The van der Waals surface area contributed by atoms with Crippen LogP contribution in [0.1, 0.15) is 48.9 Å². The maximum absolute atomic E-state index is 14.3. The van der Waals surface area contributed by atoms with Crippen LogP contribution in [0, 0.1) is 28.6 Å². The van der Waals surface area contributed by atoms with E-state index in [9.17, 15) is 15.2 Å². The van der Waals surface area contributed by atoms with Gasteiger partial charge in [0.2, 0.25) is 0 Å². The summed E-state index contributed by atoms with van der Waals surface area (Å²) in [6.45, 7) is 4.53. The van der Waals surface area contributed by atoms with E-state index >= 15 is 0 Å². The van der Waals surface area contributed by atoms with E-state index in [0.29, 0.717) is 37.8 Å². The van der Waals surface area contributed by atoms with Crippen LogP contribution in [0.5, 0.6) is 0 Å². The number of nitrogens with two attached hydrogens (primary N) is 1. The van der Waals surface area contributed by atoms with Crippen LogP contribution < -0.4 is 5.73 Å². The van der Waals surface area contributed by atoms with Gasteiger partial charge in [-0.05, 0) is 78.5 Å². The number of nitrogens with zero attached hydrogens (tertiary/aromatic N) is 4. The SMILES string of the molecule is C[C@@H]1CC2(Cc3ccc(C#N)cc3[C@]23N=C(N)N(CCc2ccncc2)C3=O)C[C@H](C)C1O. The van der Waals surface area contributed by atoms with Gasteiger partial charge >= 0.3 is 0 Å². The van der Waals surface area contributed by atoms with E-state index in [4.69, 9.17) is 10.7 Å². The van der Waals surface area contributed by atoms with Crippen LogP contribution in [0.25, 0.3) is 0 Å². The number of benzene rings is 1. The van der Waals surface area contributed by atoms with Crippen molar-refractivity contribution in [1.82, 2.24) is 9.88 Å². The first-order valence-corrected chi connectivity index (χ1v) is 11.6. The fourth-order valence-corrected chi connectivity index (χ4v) is 6.58. The van der Waals surface area contributed by atoms with Gasteiger partial charge in [-0.3, -0.25) is 14.7 Å². The highest BCUT2D eigenvalue weighted by Gasteiger charge is 2.68. The van der Waals surface area contributed by atoms with Crippen molar-refractivity contribution in [2.24, 2.45) is 28.0 Å². The average molecular weight is 444 g/mol. The van der Waals surface area contributed by atoms with Crippen LogP contribution in [0.4, 0.5) is 0 Å². The van der Waals surface area contributed by atoms with Crippen LogP contribution >= 0.6 is 0 Å². The summed E-state index contributed by atoms with van der Waals surface area (Å²) in [5.41, 5.74) is 8.23. The third kappa shape index (κ3) is 3.08. The highest BCUT2D eigenvalue weighted by Crippen LogP contribution is 2.63. The monoisotopic (exact) mass is 443 g/mol. The number of hydrogen-bond acceptors (Lipinski definition) is 6. The van der Waals surface area contributed by atoms with Crippen LogP contribution in [-0.4, -0.2) is 39.5 Å². The Bertz CT molecular complexity index is 1160. The average Bonchev–Trinajstić information content (AvgIpc) is 3.22. The standard InChI is InChI=1S/C26H29N5O2/c1-16-12-25(13-17(2)22(16)32)14-20-4-3-19(15-27)11-21(20)26(25)23(33)31(24(28)30-26)10-7-18-5-8-29-9-6-18/h3-6,8-9,11,16-17,22,32H,7,10,12-14H2,1-2H3,(H2,28,30)/t16-,17+,22?,25?,26-/m1/s1. The number of amides is 1.